The lowest BCUT2D eigenvalue weighted by atomic mass is 9.85. The number of anilines is 1. The van der Waals surface area contributed by atoms with Crippen molar-refractivity contribution in [3.63, 3.8) is 0 Å². The molecule has 0 aliphatic heterocycles. The Balaban J connectivity index is 1.99. The van der Waals surface area contributed by atoms with Crippen LogP contribution in [0.3, 0.4) is 0 Å². The van der Waals surface area contributed by atoms with Crippen molar-refractivity contribution in [1.82, 2.24) is 0 Å². The molecule has 0 saturated heterocycles. The minimum absolute atomic E-state index is 0.175. The van der Waals surface area contributed by atoms with Gasteiger partial charge < -0.3 is 10.0 Å². The van der Waals surface area contributed by atoms with Crippen molar-refractivity contribution in [1.29, 1.82) is 5.26 Å². The summed E-state index contributed by atoms with van der Waals surface area (Å²) in [5.74, 6) is -0.843. The van der Waals surface area contributed by atoms with E-state index in [1.807, 2.05) is 31.3 Å². The summed E-state index contributed by atoms with van der Waals surface area (Å²) in [7, 11) is 2.03. The Hall–Kier alpha value is -2.02. The molecule has 1 aliphatic rings. The number of nitrogens with zero attached hydrogens (tertiary/aromatic N) is 2. The molecule has 1 saturated carbocycles. The van der Waals surface area contributed by atoms with Gasteiger partial charge in [0.15, 0.2) is 0 Å². The number of carbonyl (C=O) groups is 1. The first kappa shape index (κ1) is 13.4. The lowest BCUT2D eigenvalue weighted by Gasteiger charge is -2.34. The van der Waals surface area contributed by atoms with Gasteiger partial charge in [0.25, 0.3) is 0 Å². The Morgan fingerprint density at radius 2 is 1.84 bits per heavy atom. The normalized spacial score (nSPS) is 22.5. The van der Waals surface area contributed by atoms with Crippen molar-refractivity contribution < 1.29 is 9.90 Å². The molecule has 0 bridgehead atoms. The van der Waals surface area contributed by atoms with E-state index in [1.54, 1.807) is 0 Å². The number of hydrogen-bond donors (Lipinski definition) is 1. The number of carboxylic acid groups (broad SMARTS) is 1. The molecule has 0 radical (unpaired) electrons. The van der Waals surface area contributed by atoms with Crippen LogP contribution in [0, 0.1) is 17.2 Å². The Labute approximate surface area is 113 Å². The van der Waals surface area contributed by atoms with Gasteiger partial charge in [0.1, 0.15) is 0 Å². The fourth-order valence-electron chi connectivity index (χ4n) is 2.69. The minimum Gasteiger partial charge on any atom is -0.481 e. The standard InChI is InChI=1S/C15H18N2O2/c1-17(13-6-2-11(10-16)3-7-13)14-8-4-12(5-9-14)15(18)19/h2-3,6-7,12,14H,4-5,8-9H2,1H3,(H,18,19). The van der Waals surface area contributed by atoms with Crippen LogP contribution in [0.2, 0.25) is 0 Å². The van der Waals surface area contributed by atoms with Crippen LogP contribution in [0.1, 0.15) is 31.2 Å². The molecule has 0 atom stereocenters. The fraction of sp³-hybridized carbons (Fsp3) is 0.467. The lowest BCUT2D eigenvalue weighted by molar-refractivity contribution is -0.142. The monoisotopic (exact) mass is 258 g/mol. The number of nitriles is 1. The predicted molar refractivity (Wildman–Crippen MR) is 72.9 cm³/mol. The molecule has 1 aromatic carbocycles. The molecule has 4 heteroatoms. The quantitative estimate of drug-likeness (QED) is 0.905. The second kappa shape index (κ2) is 5.75. The van der Waals surface area contributed by atoms with Gasteiger partial charge in [-0.1, -0.05) is 0 Å². The first-order valence-corrected chi connectivity index (χ1v) is 6.57. The highest BCUT2D eigenvalue weighted by molar-refractivity contribution is 5.70. The largest absolute Gasteiger partial charge is 0.481 e. The highest BCUT2D eigenvalue weighted by Crippen LogP contribution is 2.29. The van der Waals surface area contributed by atoms with Gasteiger partial charge in [-0.25, -0.2) is 0 Å². The average molecular weight is 258 g/mol. The maximum absolute atomic E-state index is 10.9. The molecule has 1 aromatic rings. The molecule has 2 rings (SSSR count). The maximum atomic E-state index is 10.9. The number of hydrogen-bond acceptors (Lipinski definition) is 3. The van der Waals surface area contributed by atoms with Gasteiger partial charge >= 0.3 is 5.97 Å². The number of carboxylic acids is 1. The first-order valence-electron chi connectivity index (χ1n) is 6.57. The van der Waals surface area contributed by atoms with Gasteiger partial charge in [-0.15, -0.1) is 0 Å². The van der Waals surface area contributed by atoms with E-state index in [9.17, 15) is 4.79 Å². The minimum atomic E-state index is -0.667. The van der Waals surface area contributed by atoms with Crippen molar-refractivity contribution in [3.05, 3.63) is 29.8 Å². The fourth-order valence-corrected chi connectivity index (χ4v) is 2.69. The van der Waals surface area contributed by atoms with E-state index in [2.05, 4.69) is 11.0 Å². The van der Waals surface area contributed by atoms with Crippen molar-refractivity contribution in [3.8, 4) is 6.07 Å². The van der Waals surface area contributed by atoms with E-state index in [0.29, 0.717) is 11.6 Å². The van der Waals surface area contributed by atoms with Crippen LogP contribution in [-0.4, -0.2) is 24.2 Å². The Morgan fingerprint density at radius 3 is 2.32 bits per heavy atom. The Bertz CT molecular complexity index is 482. The summed E-state index contributed by atoms with van der Waals surface area (Å²) in [5.41, 5.74) is 1.74. The van der Waals surface area contributed by atoms with Gasteiger partial charge in [0.2, 0.25) is 0 Å². The van der Waals surface area contributed by atoms with E-state index in [1.165, 1.54) is 0 Å². The topological polar surface area (TPSA) is 64.3 Å². The number of rotatable bonds is 3. The van der Waals surface area contributed by atoms with Gasteiger partial charge in [-0.05, 0) is 49.9 Å². The molecule has 0 amide bonds. The van der Waals surface area contributed by atoms with Crippen LogP contribution in [0.25, 0.3) is 0 Å². The molecule has 0 aromatic heterocycles. The summed E-state index contributed by atoms with van der Waals surface area (Å²) in [5, 5.41) is 17.8. The van der Waals surface area contributed by atoms with Crippen molar-refractivity contribution in [2.45, 2.75) is 31.7 Å². The third-order valence-corrected chi connectivity index (χ3v) is 4.00. The van der Waals surface area contributed by atoms with Crippen LogP contribution in [0.5, 0.6) is 0 Å². The van der Waals surface area contributed by atoms with Crippen molar-refractivity contribution >= 4 is 11.7 Å². The number of benzene rings is 1. The molecule has 0 spiro atoms. The second-order valence-electron chi connectivity index (χ2n) is 5.11. The summed E-state index contributed by atoms with van der Waals surface area (Å²) in [4.78, 5) is 13.1. The predicted octanol–water partition coefficient (Wildman–Crippen LogP) is 2.64. The zero-order valence-electron chi connectivity index (χ0n) is 11.0. The zero-order valence-corrected chi connectivity index (χ0v) is 11.0. The molecule has 100 valence electrons. The van der Waals surface area contributed by atoms with E-state index in [0.717, 1.165) is 31.4 Å². The maximum Gasteiger partial charge on any atom is 0.306 e. The van der Waals surface area contributed by atoms with E-state index < -0.39 is 5.97 Å². The average Bonchev–Trinajstić information content (AvgIpc) is 2.46. The highest BCUT2D eigenvalue weighted by atomic mass is 16.4. The summed E-state index contributed by atoms with van der Waals surface area (Å²) < 4.78 is 0. The third-order valence-electron chi connectivity index (χ3n) is 4.00. The van der Waals surface area contributed by atoms with Crippen molar-refractivity contribution in [2.75, 3.05) is 11.9 Å². The van der Waals surface area contributed by atoms with Crippen LogP contribution in [-0.2, 0) is 4.79 Å². The van der Waals surface area contributed by atoms with Crippen LogP contribution in [0.4, 0.5) is 5.69 Å². The molecule has 1 N–H and O–H groups in total. The van der Waals surface area contributed by atoms with E-state index in [4.69, 9.17) is 10.4 Å². The number of aliphatic carboxylic acids is 1. The van der Waals surface area contributed by atoms with E-state index in [-0.39, 0.29) is 5.92 Å². The molecule has 19 heavy (non-hydrogen) atoms. The van der Waals surface area contributed by atoms with Gasteiger partial charge in [0, 0.05) is 18.8 Å². The van der Waals surface area contributed by atoms with Gasteiger partial charge in [-0.3, -0.25) is 4.79 Å². The molecule has 1 aliphatic carbocycles. The lowest BCUT2D eigenvalue weighted by Crippen LogP contribution is -2.36. The van der Waals surface area contributed by atoms with Crippen LogP contribution >= 0.6 is 0 Å². The Kier molecular flexibility index (Phi) is 4.06. The molecule has 0 heterocycles. The highest BCUT2D eigenvalue weighted by Gasteiger charge is 2.27. The van der Waals surface area contributed by atoms with Gasteiger partial charge in [0.05, 0.1) is 17.6 Å². The third kappa shape index (κ3) is 3.05. The molecular weight excluding hydrogens is 240 g/mol. The van der Waals surface area contributed by atoms with Crippen LogP contribution in [0.15, 0.2) is 24.3 Å². The summed E-state index contributed by atoms with van der Waals surface area (Å²) in [6.07, 6.45) is 3.32. The summed E-state index contributed by atoms with van der Waals surface area (Å²) in [6, 6.07) is 10.0. The SMILES string of the molecule is CN(c1ccc(C#N)cc1)C1CCC(C(=O)O)CC1. The summed E-state index contributed by atoms with van der Waals surface area (Å²) >= 11 is 0. The molecular formula is C15H18N2O2. The van der Waals surface area contributed by atoms with Gasteiger partial charge in [-0.2, -0.15) is 5.26 Å². The second-order valence-corrected chi connectivity index (χ2v) is 5.11. The molecule has 1 fully saturated rings. The zero-order chi connectivity index (χ0) is 13.8. The first-order chi connectivity index (χ1) is 9.11. The summed E-state index contributed by atoms with van der Waals surface area (Å²) in [6.45, 7) is 0. The van der Waals surface area contributed by atoms with Crippen molar-refractivity contribution in [2.24, 2.45) is 5.92 Å². The molecule has 0 unspecified atom stereocenters. The Morgan fingerprint density at radius 1 is 1.26 bits per heavy atom. The van der Waals surface area contributed by atoms with E-state index >= 15 is 0 Å². The smallest absolute Gasteiger partial charge is 0.306 e. The molecule has 4 nitrogen and oxygen atoms in total. The van der Waals surface area contributed by atoms with Crippen LogP contribution < -0.4 is 4.90 Å².